The summed E-state index contributed by atoms with van der Waals surface area (Å²) in [5, 5.41) is 0.943. The van der Waals surface area contributed by atoms with Gasteiger partial charge < -0.3 is 24.1 Å². The molecule has 2 saturated heterocycles. The summed E-state index contributed by atoms with van der Waals surface area (Å²) in [5.41, 5.74) is 0.947. The van der Waals surface area contributed by atoms with Gasteiger partial charge in [0.25, 0.3) is 5.56 Å². The fraction of sp³-hybridized carbons (Fsp3) is 0.655. The molecule has 7 nitrogen and oxygen atoms in total. The Balaban J connectivity index is 1.35. The van der Waals surface area contributed by atoms with Gasteiger partial charge in [-0.3, -0.25) is 4.79 Å². The van der Waals surface area contributed by atoms with E-state index >= 15 is 0 Å². The van der Waals surface area contributed by atoms with Crippen molar-refractivity contribution in [1.29, 1.82) is 0 Å². The molecule has 0 radical (unpaired) electrons. The molecule has 1 aromatic carbocycles. The van der Waals surface area contributed by atoms with E-state index in [4.69, 9.17) is 14.2 Å². The Morgan fingerprint density at radius 3 is 2.50 bits per heavy atom. The highest BCUT2D eigenvalue weighted by atomic mass is 16.6. The molecule has 2 atom stereocenters. The van der Waals surface area contributed by atoms with Crippen LogP contribution < -0.4 is 10.3 Å². The summed E-state index contributed by atoms with van der Waals surface area (Å²) < 4.78 is 18.3. The summed E-state index contributed by atoms with van der Waals surface area (Å²) in [5.74, 6) is 1.70. The van der Waals surface area contributed by atoms with E-state index in [1.807, 2.05) is 45.0 Å². The lowest BCUT2D eigenvalue weighted by atomic mass is 9.84. The zero-order valence-corrected chi connectivity index (χ0v) is 21.9. The molecule has 3 heterocycles. The van der Waals surface area contributed by atoms with Crippen LogP contribution in [-0.4, -0.2) is 54.0 Å². The first-order valence-electron chi connectivity index (χ1n) is 13.6. The number of nitrogens with zero attached hydrogens (tertiary/aromatic N) is 1. The van der Waals surface area contributed by atoms with Crippen molar-refractivity contribution in [3.8, 4) is 5.75 Å². The third-order valence-corrected chi connectivity index (χ3v) is 7.61. The van der Waals surface area contributed by atoms with Crippen LogP contribution in [0.5, 0.6) is 5.75 Å². The molecule has 1 aliphatic carbocycles. The second-order valence-electron chi connectivity index (χ2n) is 11.9. The number of hydrogen-bond donors (Lipinski definition) is 1. The minimum absolute atomic E-state index is 0.0226. The van der Waals surface area contributed by atoms with Crippen molar-refractivity contribution in [1.82, 2.24) is 9.88 Å². The average Bonchev–Trinajstić information content (AvgIpc) is 3.63. The van der Waals surface area contributed by atoms with Gasteiger partial charge in [-0.25, -0.2) is 4.79 Å². The van der Waals surface area contributed by atoms with Crippen molar-refractivity contribution in [2.45, 2.75) is 77.4 Å². The zero-order valence-electron chi connectivity index (χ0n) is 21.9. The van der Waals surface area contributed by atoms with Gasteiger partial charge >= 0.3 is 6.09 Å². The van der Waals surface area contributed by atoms with E-state index in [0.29, 0.717) is 38.5 Å². The summed E-state index contributed by atoms with van der Waals surface area (Å²) in [7, 11) is 0. The first kappa shape index (κ1) is 25.1. The maximum Gasteiger partial charge on any atom is 0.410 e. The van der Waals surface area contributed by atoms with Gasteiger partial charge in [0.1, 0.15) is 17.5 Å². The second kappa shape index (κ2) is 10.4. The molecule has 1 saturated carbocycles. The molecule has 36 heavy (non-hydrogen) atoms. The van der Waals surface area contributed by atoms with Gasteiger partial charge in [0.2, 0.25) is 0 Å². The van der Waals surface area contributed by atoms with E-state index in [-0.39, 0.29) is 29.6 Å². The smallest absolute Gasteiger partial charge is 0.410 e. The van der Waals surface area contributed by atoms with E-state index < -0.39 is 5.60 Å². The molecule has 3 fully saturated rings. The summed E-state index contributed by atoms with van der Waals surface area (Å²) >= 11 is 0. The van der Waals surface area contributed by atoms with Crippen LogP contribution in [0.15, 0.2) is 29.1 Å². The molecule has 1 N–H and O–H groups in total. The van der Waals surface area contributed by atoms with Crippen LogP contribution in [-0.2, 0) is 15.9 Å². The number of rotatable bonds is 8. The van der Waals surface area contributed by atoms with Crippen LogP contribution in [0.25, 0.3) is 10.9 Å². The summed E-state index contributed by atoms with van der Waals surface area (Å²) in [6.45, 7) is 7.75. The number of ether oxygens (including phenoxy) is 3. The fourth-order valence-corrected chi connectivity index (χ4v) is 5.64. The number of carbonyl (C=O) groups excluding carboxylic acids is 1. The molecular formula is C29H40N2O5. The van der Waals surface area contributed by atoms with Crippen molar-refractivity contribution < 1.29 is 19.0 Å². The second-order valence-corrected chi connectivity index (χ2v) is 11.9. The van der Waals surface area contributed by atoms with Gasteiger partial charge in [-0.2, -0.15) is 0 Å². The van der Waals surface area contributed by atoms with Gasteiger partial charge in [-0.05, 0) is 51.7 Å². The number of amides is 1. The number of fused-ring (bicyclic) bond motifs is 3. The summed E-state index contributed by atoms with van der Waals surface area (Å²) in [4.78, 5) is 30.8. The molecular weight excluding hydrogens is 456 g/mol. The molecule has 0 spiro atoms. The molecule has 1 aromatic heterocycles. The number of likely N-dealkylation sites (tertiary alicyclic amines) is 1. The van der Waals surface area contributed by atoms with Crippen LogP contribution in [0.2, 0.25) is 0 Å². The van der Waals surface area contributed by atoms with Crippen LogP contribution in [0, 0.1) is 17.8 Å². The van der Waals surface area contributed by atoms with Crippen molar-refractivity contribution in [3.05, 3.63) is 40.2 Å². The van der Waals surface area contributed by atoms with Crippen molar-refractivity contribution in [2.24, 2.45) is 17.8 Å². The van der Waals surface area contributed by atoms with E-state index in [0.717, 1.165) is 35.2 Å². The number of unbranched alkanes of at least 4 members (excludes halogenated alkanes) is 2. The number of benzene rings is 1. The maximum atomic E-state index is 13.2. The van der Waals surface area contributed by atoms with E-state index in [2.05, 4.69) is 4.98 Å². The number of nitrogens with one attached hydrogen (secondary N) is 1. The predicted octanol–water partition coefficient (Wildman–Crippen LogP) is 5.30. The quantitative estimate of drug-likeness (QED) is 0.502. The number of aromatic nitrogens is 1. The Labute approximate surface area is 213 Å². The van der Waals surface area contributed by atoms with Gasteiger partial charge in [0.15, 0.2) is 0 Å². The lowest BCUT2D eigenvalue weighted by Gasteiger charge is -2.46. The van der Waals surface area contributed by atoms with Gasteiger partial charge in [0.05, 0.1) is 24.3 Å². The first-order valence-corrected chi connectivity index (χ1v) is 13.6. The van der Waals surface area contributed by atoms with Gasteiger partial charge in [0, 0.05) is 30.3 Å². The van der Waals surface area contributed by atoms with Gasteiger partial charge in [-0.15, -0.1) is 0 Å². The molecule has 2 aromatic rings. The van der Waals surface area contributed by atoms with Crippen molar-refractivity contribution >= 4 is 17.0 Å². The highest BCUT2D eigenvalue weighted by Crippen LogP contribution is 2.37. The highest BCUT2D eigenvalue weighted by molar-refractivity contribution is 5.86. The standard InChI is InChI=1S/C29H40N2O5/c1-29(2,3)36-28(33)31-15-20-17-34-18-21(16-31)25(20)35-26-22-10-7-8-12-24(22)30-27(32)23(26)11-6-4-5-9-19-13-14-19/h7-8,10,12,19-21,25H,4-6,9,11,13-18H2,1-3H3,(H,30,32). The topological polar surface area (TPSA) is 80.9 Å². The third-order valence-electron chi connectivity index (χ3n) is 7.61. The maximum absolute atomic E-state index is 13.2. The molecule has 1 amide bonds. The van der Waals surface area contributed by atoms with E-state index in [9.17, 15) is 9.59 Å². The zero-order chi connectivity index (χ0) is 25.3. The number of piperidine rings is 1. The third kappa shape index (κ3) is 5.88. The Kier molecular flexibility index (Phi) is 7.29. The van der Waals surface area contributed by atoms with Crippen LogP contribution in [0.4, 0.5) is 4.79 Å². The highest BCUT2D eigenvalue weighted by Gasteiger charge is 2.44. The summed E-state index contributed by atoms with van der Waals surface area (Å²) in [6.07, 6.45) is 7.76. The monoisotopic (exact) mass is 496 g/mol. The number of carbonyl (C=O) groups is 1. The predicted molar refractivity (Wildman–Crippen MR) is 139 cm³/mol. The molecule has 2 unspecified atom stereocenters. The van der Waals surface area contributed by atoms with Crippen LogP contribution in [0.3, 0.4) is 0 Å². The van der Waals surface area contributed by atoms with Gasteiger partial charge in [-0.1, -0.05) is 44.2 Å². The van der Waals surface area contributed by atoms with Crippen LogP contribution >= 0.6 is 0 Å². The Hall–Kier alpha value is -2.54. The Bertz CT molecular complexity index is 1120. The largest absolute Gasteiger partial charge is 0.488 e. The molecule has 3 aliphatic rings. The average molecular weight is 497 g/mol. The van der Waals surface area contributed by atoms with E-state index in [1.165, 1.54) is 25.7 Å². The molecule has 2 aliphatic heterocycles. The normalized spacial score (nSPS) is 24.1. The van der Waals surface area contributed by atoms with Crippen LogP contribution in [0.1, 0.15) is 64.9 Å². The number of pyridine rings is 1. The Morgan fingerprint density at radius 1 is 1.08 bits per heavy atom. The number of aromatic amines is 1. The fourth-order valence-electron chi connectivity index (χ4n) is 5.64. The van der Waals surface area contributed by atoms with E-state index in [1.54, 1.807) is 4.90 Å². The number of hydrogen-bond acceptors (Lipinski definition) is 5. The molecule has 2 bridgehead atoms. The Morgan fingerprint density at radius 2 is 1.81 bits per heavy atom. The minimum Gasteiger partial charge on any atom is -0.488 e. The van der Waals surface area contributed by atoms with Crippen molar-refractivity contribution in [2.75, 3.05) is 26.3 Å². The number of para-hydroxylation sites is 1. The minimum atomic E-state index is -0.534. The first-order chi connectivity index (χ1) is 17.3. The summed E-state index contributed by atoms with van der Waals surface area (Å²) in [6, 6.07) is 7.88. The van der Waals surface area contributed by atoms with Crippen molar-refractivity contribution in [3.63, 3.8) is 0 Å². The molecule has 196 valence electrons. The molecule has 7 heteroatoms. The lowest BCUT2D eigenvalue weighted by Crippen LogP contribution is -2.59. The molecule has 5 rings (SSSR count). The number of H-pyrrole nitrogens is 1. The lowest BCUT2D eigenvalue weighted by molar-refractivity contribution is -0.112. The SMILES string of the molecule is CC(C)(C)OC(=O)N1CC2COCC(C1)C2Oc1c(CCCCCC2CC2)c(=O)[nH]c2ccccc12.